The van der Waals surface area contributed by atoms with E-state index < -0.39 is 0 Å². The van der Waals surface area contributed by atoms with Gasteiger partial charge < -0.3 is 5.32 Å². The Morgan fingerprint density at radius 1 is 1.10 bits per heavy atom. The molecule has 2 nitrogen and oxygen atoms in total. The van der Waals surface area contributed by atoms with Crippen LogP contribution in [0.4, 0.5) is 5.69 Å². The average molecular weight is 282 g/mol. The summed E-state index contributed by atoms with van der Waals surface area (Å²) < 4.78 is 0. The summed E-state index contributed by atoms with van der Waals surface area (Å²) in [6.07, 6.45) is 8.04. The van der Waals surface area contributed by atoms with Gasteiger partial charge in [-0.15, -0.1) is 0 Å². The van der Waals surface area contributed by atoms with E-state index in [1.165, 1.54) is 49.6 Å². The molecule has 2 aromatic rings. The molecule has 2 heteroatoms. The lowest BCUT2D eigenvalue weighted by atomic mass is 9.98. The molecule has 1 fully saturated rings. The zero-order valence-electron chi connectivity index (χ0n) is 13.2. The van der Waals surface area contributed by atoms with Gasteiger partial charge in [-0.3, -0.25) is 4.98 Å². The lowest BCUT2D eigenvalue weighted by Gasteiger charge is -2.19. The summed E-state index contributed by atoms with van der Waals surface area (Å²) in [6, 6.07) is 11.3. The van der Waals surface area contributed by atoms with Gasteiger partial charge in [0.05, 0.1) is 11.2 Å². The number of benzene rings is 1. The largest absolute Gasteiger partial charge is 0.381 e. The number of aromatic nitrogens is 1. The molecule has 2 unspecified atom stereocenters. The molecule has 2 atom stereocenters. The molecule has 0 amide bonds. The Labute approximate surface area is 128 Å². The van der Waals surface area contributed by atoms with E-state index in [1.54, 1.807) is 0 Å². The normalized spacial score (nSPS) is 23.0. The molecule has 0 radical (unpaired) electrons. The van der Waals surface area contributed by atoms with Crippen molar-refractivity contribution in [1.29, 1.82) is 0 Å². The van der Waals surface area contributed by atoms with E-state index in [-0.39, 0.29) is 0 Å². The third kappa shape index (κ3) is 3.37. The number of pyridine rings is 1. The minimum Gasteiger partial charge on any atom is -0.381 e. The number of hydrogen-bond acceptors (Lipinski definition) is 2. The second-order valence-corrected chi connectivity index (χ2v) is 6.45. The van der Waals surface area contributed by atoms with Crippen molar-refractivity contribution in [2.75, 3.05) is 5.32 Å². The fraction of sp³-hybridized carbons (Fsp3) is 0.526. The Morgan fingerprint density at radius 3 is 2.86 bits per heavy atom. The van der Waals surface area contributed by atoms with Crippen molar-refractivity contribution in [2.45, 2.75) is 58.4 Å². The van der Waals surface area contributed by atoms with Gasteiger partial charge in [-0.25, -0.2) is 0 Å². The zero-order chi connectivity index (χ0) is 14.7. The predicted octanol–water partition coefficient (Wildman–Crippen LogP) is 5.31. The third-order valence-corrected chi connectivity index (χ3v) is 4.88. The van der Waals surface area contributed by atoms with Gasteiger partial charge in [-0.05, 0) is 44.2 Å². The molecule has 1 N–H and O–H groups in total. The van der Waals surface area contributed by atoms with Gasteiger partial charge in [-0.1, -0.05) is 44.4 Å². The number of para-hydroxylation sites is 1. The molecular weight excluding hydrogens is 256 g/mol. The van der Waals surface area contributed by atoms with E-state index in [1.807, 2.05) is 0 Å². The molecule has 3 rings (SSSR count). The van der Waals surface area contributed by atoms with E-state index in [0.717, 1.165) is 17.1 Å². The fourth-order valence-electron chi connectivity index (χ4n) is 3.51. The van der Waals surface area contributed by atoms with E-state index in [2.05, 4.69) is 49.5 Å². The van der Waals surface area contributed by atoms with Gasteiger partial charge in [0.1, 0.15) is 0 Å². The van der Waals surface area contributed by atoms with Crippen LogP contribution in [-0.2, 0) is 0 Å². The molecule has 21 heavy (non-hydrogen) atoms. The van der Waals surface area contributed by atoms with E-state index in [0.29, 0.717) is 6.04 Å². The van der Waals surface area contributed by atoms with Crippen molar-refractivity contribution < 1.29 is 0 Å². The van der Waals surface area contributed by atoms with Crippen LogP contribution >= 0.6 is 0 Å². The quantitative estimate of drug-likeness (QED) is 0.771. The van der Waals surface area contributed by atoms with Crippen LogP contribution in [0.15, 0.2) is 30.3 Å². The number of rotatable bonds is 3. The van der Waals surface area contributed by atoms with Gasteiger partial charge in [-0.2, -0.15) is 0 Å². The molecule has 0 saturated heterocycles. The molecular formula is C19H26N2. The Hall–Kier alpha value is -1.57. The van der Waals surface area contributed by atoms with E-state index in [4.69, 9.17) is 4.98 Å². The maximum atomic E-state index is 4.73. The summed E-state index contributed by atoms with van der Waals surface area (Å²) >= 11 is 0. The van der Waals surface area contributed by atoms with Crippen LogP contribution < -0.4 is 5.32 Å². The fourth-order valence-corrected chi connectivity index (χ4v) is 3.51. The zero-order valence-corrected chi connectivity index (χ0v) is 13.2. The van der Waals surface area contributed by atoms with Gasteiger partial charge in [0.15, 0.2) is 0 Å². The number of hydrogen-bond donors (Lipinski definition) is 1. The summed E-state index contributed by atoms with van der Waals surface area (Å²) in [4.78, 5) is 4.73. The number of aryl methyl sites for hydroxylation is 1. The topological polar surface area (TPSA) is 24.9 Å². The highest BCUT2D eigenvalue weighted by atomic mass is 14.9. The van der Waals surface area contributed by atoms with E-state index >= 15 is 0 Å². The van der Waals surface area contributed by atoms with Gasteiger partial charge in [0.25, 0.3) is 0 Å². The van der Waals surface area contributed by atoms with Gasteiger partial charge >= 0.3 is 0 Å². The van der Waals surface area contributed by atoms with Crippen LogP contribution in [0.5, 0.6) is 0 Å². The standard InChI is InChI=1S/C19H26N2/c1-3-15-6-4-8-17(13-11-15)21-18-9-5-7-16-12-10-14(2)20-19(16)18/h5,7,9-10,12,15,17,21H,3-4,6,8,11,13H2,1-2H3. The number of nitrogens with zero attached hydrogens (tertiary/aromatic N) is 1. The summed E-state index contributed by atoms with van der Waals surface area (Å²) in [7, 11) is 0. The lowest BCUT2D eigenvalue weighted by Crippen LogP contribution is -2.18. The number of nitrogens with one attached hydrogen (secondary N) is 1. The van der Waals surface area contributed by atoms with Gasteiger partial charge in [0.2, 0.25) is 0 Å². The lowest BCUT2D eigenvalue weighted by molar-refractivity contribution is 0.444. The monoisotopic (exact) mass is 282 g/mol. The van der Waals surface area contributed by atoms with Crippen molar-refractivity contribution in [1.82, 2.24) is 4.98 Å². The second kappa shape index (κ2) is 6.46. The minimum atomic E-state index is 0.606. The van der Waals surface area contributed by atoms with Crippen LogP contribution in [0, 0.1) is 12.8 Å². The maximum Gasteiger partial charge on any atom is 0.0936 e. The molecule has 1 aromatic heterocycles. The Balaban J connectivity index is 1.80. The summed E-state index contributed by atoms with van der Waals surface area (Å²) in [5, 5.41) is 5.00. The molecule has 1 saturated carbocycles. The Kier molecular flexibility index (Phi) is 4.42. The number of anilines is 1. The highest BCUT2D eigenvalue weighted by Gasteiger charge is 2.18. The second-order valence-electron chi connectivity index (χ2n) is 6.45. The molecule has 0 aliphatic heterocycles. The highest BCUT2D eigenvalue weighted by Crippen LogP contribution is 2.29. The molecule has 1 aromatic carbocycles. The van der Waals surface area contributed by atoms with Crippen LogP contribution in [-0.4, -0.2) is 11.0 Å². The summed E-state index contributed by atoms with van der Waals surface area (Å²) in [5.74, 6) is 0.935. The first-order valence-electron chi connectivity index (χ1n) is 8.39. The van der Waals surface area contributed by atoms with Crippen molar-refractivity contribution in [3.63, 3.8) is 0 Å². The van der Waals surface area contributed by atoms with Crippen molar-refractivity contribution in [3.8, 4) is 0 Å². The first kappa shape index (κ1) is 14.4. The van der Waals surface area contributed by atoms with Crippen LogP contribution in [0.2, 0.25) is 0 Å². The van der Waals surface area contributed by atoms with Crippen LogP contribution in [0.25, 0.3) is 10.9 Å². The SMILES string of the molecule is CCC1CCCC(Nc2cccc3ccc(C)nc23)CC1. The smallest absolute Gasteiger partial charge is 0.0936 e. The molecule has 112 valence electrons. The average Bonchev–Trinajstić information content (AvgIpc) is 2.73. The van der Waals surface area contributed by atoms with Crippen LogP contribution in [0.3, 0.4) is 0 Å². The molecule has 0 spiro atoms. The molecule has 1 aliphatic carbocycles. The van der Waals surface area contributed by atoms with Crippen molar-refractivity contribution in [2.24, 2.45) is 5.92 Å². The predicted molar refractivity (Wildman–Crippen MR) is 90.8 cm³/mol. The van der Waals surface area contributed by atoms with Gasteiger partial charge in [0, 0.05) is 17.1 Å². The third-order valence-electron chi connectivity index (χ3n) is 4.88. The van der Waals surface area contributed by atoms with Crippen LogP contribution in [0.1, 0.15) is 51.1 Å². The number of fused-ring (bicyclic) bond motifs is 1. The Morgan fingerprint density at radius 2 is 2.00 bits per heavy atom. The molecule has 1 aliphatic rings. The summed E-state index contributed by atoms with van der Waals surface area (Å²) in [6.45, 7) is 4.39. The Bertz CT molecular complexity index is 606. The van der Waals surface area contributed by atoms with Crippen molar-refractivity contribution >= 4 is 16.6 Å². The summed E-state index contributed by atoms with van der Waals surface area (Å²) in [5.41, 5.74) is 3.41. The molecule has 1 heterocycles. The van der Waals surface area contributed by atoms with E-state index in [9.17, 15) is 0 Å². The highest BCUT2D eigenvalue weighted by molar-refractivity contribution is 5.90. The molecule has 0 bridgehead atoms. The first-order chi connectivity index (χ1) is 10.3. The minimum absolute atomic E-state index is 0.606. The maximum absolute atomic E-state index is 4.73. The van der Waals surface area contributed by atoms with Crippen molar-refractivity contribution in [3.05, 3.63) is 36.0 Å². The first-order valence-corrected chi connectivity index (χ1v) is 8.39.